The van der Waals surface area contributed by atoms with Crippen molar-refractivity contribution >= 4 is 6.54 Å². The van der Waals surface area contributed by atoms with E-state index in [0.29, 0.717) is 0 Å². The van der Waals surface area contributed by atoms with Crippen LogP contribution in [0.5, 0.6) is 0 Å². The first-order valence-corrected chi connectivity index (χ1v) is 14.0. The molecule has 2 aliphatic carbocycles. The third kappa shape index (κ3) is 2.70. The van der Waals surface area contributed by atoms with E-state index in [-0.39, 0.29) is 0 Å². The maximum absolute atomic E-state index is 3.20. The predicted molar refractivity (Wildman–Crippen MR) is 105 cm³/mol. The van der Waals surface area contributed by atoms with Crippen molar-refractivity contribution in [3.63, 3.8) is 0 Å². The van der Waals surface area contributed by atoms with E-state index < -0.39 is 20.3 Å². The molecule has 0 amide bonds. The normalized spacial score (nSPS) is 16.2. The molecule has 4 rings (SSSR count). The summed E-state index contributed by atoms with van der Waals surface area (Å²) in [4.78, 5) is 0. The van der Waals surface area contributed by atoms with E-state index in [1.165, 1.54) is 11.1 Å². The number of hydrogen-bond acceptors (Lipinski definition) is 0. The van der Waals surface area contributed by atoms with E-state index in [1.807, 2.05) is 0 Å². The molecule has 0 saturated carbocycles. The molecule has 0 nitrogen and oxygen atoms in total. The van der Waals surface area contributed by atoms with Crippen LogP contribution in [0.3, 0.4) is 0 Å². The number of benzene rings is 2. The molecule has 2 aromatic carbocycles. The molecule has 2 aromatic rings. The Morgan fingerprint density at radius 2 is 1.08 bits per heavy atom. The van der Waals surface area contributed by atoms with Gasteiger partial charge in [-0.2, -0.15) is 0 Å². The Bertz CT molecular complexity index is 847. The van der Waals surface area contributed by atoms with Crippen LogP contribution in [-0.2, 0) is 20.3 Å². The van der Waals surface area contributed by atoms with Crippen LogP contribution in [-0.4, -0.2) is 0 Å². The van der Waals surface area contributed by atoms with Crippen molar-refractivity contribution in [3.8, 4) is 0 Å². The van der Waals surface area contributed by atoms with Gasteiger partial charge in [-0.25, -0.2) is 0 Å². The molecule has 0 atom stereocenters. The Kier molecular flexibility index (Phi) is 4.61. The first kappa shape index (κ1) is 16.7. The summed E-state index contributed by atoms with van der Waals surface area (Å²) in [5.74, 6) is 0. The molecule has 1 heteroatoms. The van der Waals surface area contributed by atoms with Gasteiger partial charge < -0.3 is 0 Å². The van der Waals surface area contributed by atoms with Crippen molar-refractivity contribution in [1.82, 2.24) is 0 Å². The fraction of sp³-hybridized carbons (Fsp3) is 0.167. The monoisotopic (exact) mass is 402 g/mol. The van der Waals surface area contributed by atoms with Crippen molar-refractivity contribution in [3.05, 3.63) is 103 Å². The summed E-state index contributed by atoms with van der Waals surface area (Å²) in [5.41, 5.74) is 2.89. The molecular weight excluding hydrogens is 379 g/mol. The van der Waals surface area contributed by atoms with Crippen LogP contribution in [0.15, 0.2) is 91.5 Å². The van der Waals surface area contributed by atoms with Crippen molar-refractivity contribution < 1.29 is 20.3 Å². The Morgan fingerprint density at radius 3 is 1.44 bits per heavy atom. The minimum absolute atomic E-state index is 1.11. The minimum atomic E-state index is -3.20. The van der Waals surface area contributed by atoms with Gasteiger partial charge in [-0.05, 0) is 0 Å². The molecule has 0 spiro atoms. The summed E-state index contributed by atoms with van der Waals surface area (Å²) in [6.07, 6.45) is 16.3. The van der Waals surface area contributed by atoms with E-state index in [1.54, 1.807) is 13.1 Å². The second-order valence-electron chi connectivity index (χ2n) is 7.03. The molecule has 0 fully saturated rings. The average molecular weight is 404 g/mol. The fourth-order valence-corrected chi connectivity index (χ4v) is 18.4. The van der Waals surface area contributed by atoms with E-state index in [4.69, 9.17) is 0 Å². The number of rotatable bonds is 4. The Labute approximate surface area is 155 Å². The van der Waals surface area contributed by atoms with E-state index in [9.17, 15) is 0 Å². The molecule has 0 N–H and O–H groups in total. The van der Waals surface area contributed by atoms with Gasteiger partial charge in [-0.15, -0.1) is 0 Å². The first-order valence-electron chi connectivity index (χ1n) is 9.09. The van der Waals surface area contributed by atoms with Gasteiger partial charge in [0.05, 0.1) is 0 Å². The van der Waals surface area contributed by atoms with Crippen LogP contribution in [0, 0.1) is 13.8 Å². The fourth-order valence-electron chi connectivity index (χ4n) is 4.48. The van der Waals surface area contributed by atoms with E-state index >= 15 is 0 Å². The maximum atomic E-state index is 2.42. The van der Waals surface area contributed by atoms with Gasteiger partial charge in [0.15, 0.2) is 0 Å². The molecule has 0 heterocycles. The van der Waals surface area contributed by atoms with Crippen LogP contribution in [0.2, 0.25) is 0 Å². The summed E-state index contributed by atoms with van der Waals surface area (Å²) in [6.45, 7) is 4.59. The van der Waals surface area contributed by atoms with Crippen molar-refractivity contribution in [1.29, 1.82) is 0 Å². The zero-order valence-electron chi connectivity index (χ0n) is 15.0. The van der Waals surface area contributed by atoms with E-state index in [2.05, 4.69) is 98.8 Å². The van der Waals surface area contributed by atoms with Crippen molar-refractivity contribution in [2.75, 3.05) is 0 Å². The number of hydrogen-bond donors (Lipinski definition) is 0. The van der Waals surface area contributed by atoms with Crippen LogP contribution in [0.1, 0.15) is 24.0 Å². The van der Waals surface area contributed by atoms with Crippen molar-refractivity contribution in [2.45, 2.75) is 26.7 Å². The van der Waals surface area contributed by atoms with Gasteiger partial charge in [0.2, 0.25) is 0 Å². The van der Waals surface area contributed by atoms with Crippen LogP contribution >= 0.6 is 0 Å². The zero-order chi connectivity index (χ0) is 17.3. The van der Waals surface area contributed by atoms with Crippen LogP contribution in [0.25, 0.3) is 0 Å². The SMILES string of the molecule is Cc1cccc[c]1[Zr]([C]1=CC=CC1)([C]1=CC=CC1)[c]1ccccc1C. The third-order valence-corrected chi connectivity index (χ3v) is 18.9. The molecule has 124 valence electrons. The molecule has 0 unspecified atom stereocenters. The molecule has 2 aliphatic rings. The average Bonchev–Trinajstić information content (AvgIpc) is 3.33. The van der Waals surface area contributed by atoms with Gasteiger partial charge in [-0.3, -0.25) is 0 Å². The third-order valence-electron chi connectivity index (χ3n) is 5.60. The zero-order valence-corrected chi connectivity index (χ0v) is 17.5. The van der Waals surface area contributed by atoms with Gasteiger partial charge in [-0.1, -0.05) is 0 Å². The Balaban J connectivity index is 2.09. The molecule has 0 aliphatic heterocycles. The van der Waals surface area contributed by atoms with Gasteiger partial charge in [0, 0.05) is 0 Å². The number of aryl methyl sites for hydroxylation is 2. The summed E-state index contributed by atoms with van der Waals surface area (Å²) < 4.78 is 6.62. The van der Waals surface area contributed by atoms with Crippen LogP contribution < -0.4 is 6.54 Å². The predicted octanol–water partition coefficient (Wildman–Crippen LogP) is 5.10. The topological polar surface area (TPSA) is 0 Å². The first-order chi connectivity index (χ1) is 12.2. The Morgan fingerprint density at radius 1 is 0.640 bits per heavy atom. The van der Waals surface area contributed by atoms with Gasteiger partial charge >= 0.3 is 156 Å². The molecule has 0 bridgehead atoms. The van der Waals surface area contributed by atoms with E-state index in [0.717, 1.165) is 12.8 Å². The molecule has 0 radical (unpaired) electrons. The summed E-state index contributed by atoms with van der Waals surface area (Å²) in [5, 5.41) is 0. The molecule has 25 heavy (non-hydrogen) atoms. The molecule has 0 aromatic heterocycles. The Hall–Kier alpha value is -1.72. The van der Waals surface area contributed by atoms with Gasteiger partial charge in [0.1, 0.15) is 0 Å². The standard InChI is InChI=1S/2C7H7.2C5H5.Zr/c2*1-7-5-3-2-4-6-7;2*1-2-4-5-3-1;/h2*2-5H,1H3;2*1-3H,4H2;. The van der Waals surface area contributed by atoms with Gasteiger partial charge in [0.25, 0.3) is 0 Å². The quantitative estimate of drug-likeness (QED) is 0.666. The second-order valence-corrected chi connectivity index (χ2v) is 16.5. The number of allylic oxidation sites excluding steroid dienone is 8. The van der Waals surface area contributed by atoms with Crippen LogP contribution in [0.4, 0.5) is 0 Å². The second kappa shape index (κ2) is 6.89. The molecular formula is C24H24Zr. The summed E-state index contributed by atoms with van der Waals surface area (Å²) >= 11 is -3.20. The van der Waals surface area contributed by atoms with Crippen molar-refractivity contribution in [2.24, 2.45) is 0 Å². The molecule has 0 saturated heterocycles. The summed E-state index contributed by atoms with van der Waals surface area (Å²) in [6, 6.07) is 18.2. The summed E-state index contributed by atoms with van der Waals surface area (Å²) in [7, 11) is 0.